The Morgan fingerprint density at radius 2 is 0.918 bits per heavy atom. The molecular formula is C46H31N3. The maximum Gasteiger partial charge on any atom is 0.160 e. The first-order valence-electron chi connectivity index (χ1n) is 16.6. The molecule has 0 amide bonds. The third-order valence-corrected chi connectivity index (χ3v) is 9.69. The molecule has 0 unspecified atom stereocenters. The quantitative estimate of drug-likeness (QED) is 0.185. The minimum absolute atomic E-state index is 0.481. The van der Waals surface area contributed by atoms with E-state index in [0.717, 1.165) is 39.2 Å². The molecule has 3 nitrogen and oxygen atoms in total. The van der Waals surface area contributed by atoms with E-state index in [1.807, 2.05) is 18.3 Å². The summed E-state index contributed by atoms with van der Waals surface area (Å²) in [5.74, 6) is 0.690. The minimum atomic E-state index is -0.481. The van der Waals surface area contributed by atoms with Gasteiger partial charge in [-0.3, -0.25) is 4.98 Å². The summed E-state index contributed by atoms with van der Waals surface area (Å²) in [7, 11) is 0. The van der Waals surface area contributed by atoms with Crippen LogP contribution in [0.2, 0.25) is 0 Å². The van der Waals surface area contributed by atoms with Gasteiger partial charge < -0.3 is 0 Å². The van der Waals surface area contributed by atoms with Crippen LogP contribution in [0.4, 0.5) is 0 Å². The average molecular weight is 626 g/mol. The van der Waals surface area contributed by atoms with E-state index < -0.39 is 5.41 Å². The maximum absolute atomic E-state index is 5.25. The van der Waals surface area contributed by atoms with E-state index >= 15 is 0 Å². The summed E-state index contributed by atoms with van der Waals surface area (Å²) in [6, 6.07) is 62.5. The molecule has 0 saturated heterocycles. The number of hydrogen-bond donors (Lipinski definition) is 0. The van der Waals surface area contributed by atoms with Gasteiger partial charge in [-0.2, -0.15) is 0 Å². The summed E-state index contributed by atoms with van der Waals surface area (Å²) in [6.07, 6.45) is 3.68. The van der Waals surface area contributed by atoms with Crippen molar-refractivity contribution < 1.29 is 0 Å². The molecule has 1 aliphatic rings. The van der Waals surface area contributed by atoms with Crippen LogP contribution >= 0.6 is 0 Å². The third-order valence-electron chi connectivity index (χ3n) is 9.69. The lowest BCUT2D eigenvalue weighted by Crippen LogP contribution is -2.28. The molecule has 0 radical (unpaired) electrons. The SMILES string of the molecule is c1ccc(-c2cc(-c3ccc4c(c3)C(c3ccccc3)(c3ccccc3)c3ccccc3-4)nc(-c3ccc(-c4cccnc4)cc3)n2)cc1. The van der Waals surface area contributed by atoms with Crippen LogP contribution in [-0.4, -0.2) is 15.0 Å². The standard InChI is InChI=1S/C46H31N3/c1-4-13-33(14-5-1)43-30-44(49-45(48-43)34-24-22-32(23-25-34)36-15-12-28-47-31-36)35-26-27-40-39-20-10-11-21-41(39)46(42(40)29-35,37-16-6-2-7-17-37)38-18-8-3-9-19-38/h1-31H. The molecule has 49 heavy (non-hydrogen) atoms. The van der Waals surface area contributed by atoms with Crippen LogP contribution in [0, 0.1) is 0 Å². The highest BCUT2D eigenvalue weighted by Crippen LogP contribution is 2.56. The Balaban J connectivity index is 1.25. The van der Waals surface area contributed by atoms with Gasteiger partial charge in [0, 0.05) is 29.1 Å². The minimum Gasteiger partial charge on any atom is -0.264 e. The number of rotatable bonds is 6. The van der Waals surface area contributed by atoms with Gasteiger partial charge in [0.2, 0.25) is 0 Å². The van der Waals surface area contributed by atoms with E-state index in [0.29, 0.717) is 5.82 Å². The van der Waals surface area contributed by atoms with Crippen molar-refractivity contribution in [3.63, 3.8) is 0 Å². The van der Waals surface area contributed by atoms with Crippen molar-refractivity contribution in [3.8, 4) is 56.2 Å². The Bertz CT molecular complexity index is 2370. The molecule has 0 saturated carbocycles. The summed E-state index contributed by atoms with van der Waals surface area (Å²) in [5.41, 5.74) is 14.1. The molecule has 2 aromatic heterocycles. The van der Waals surface area contributed by atoms with E-state index in [4.69, 9.17) is 9.97 Å². The molecule has 2 heterocycles. The summed E-state index contributed by atoms with van der Waals surface area (Å²) in [4.78, 5) is 14.6. The van der Waals surface area contributed by atoms with Crippen molar-refractivity contribution in [1.29, 1.82) is 0 Å². The monoisotopic (exact) mass is 625 g/mol. The average Bonchev–Trinajstić information content (AvgIpc) is 3.49. The zero-order valence-electron chi connectivity index (χ0n) is 26.7. The maximum atomic E-state index is 5.25. The fourth-order valence-electron chi connectivity index (χ4n) is 7.43. The molecule has 9 rings (SSSR count). The summed E-state index contributed by atoms with van der Waals surface area (Å²) in [6.45, 7) is 0. The first-order chi connectivity index (χ1) is 24.3. The third kappa shape index (κ3) is 4.87. The largest absolute Gasteiger partial charge is 0.264 e. The Hall–Kier alpha value is -6.45. The van der Waals surface area contributed by atoms with E-state index in [1.54, 1.807) is 6.20 Å². The van der Waals surface area contributed by atoms with E-state index in [9.17, 15) is 0 Å². The van der Waals surface area contributed by atoms with Gasteiger partial charge in [-0.15, -0.1) is 0 Å². The zero-order valence-corrected chi connectivity index (χ0v) is 26.7. The van der Waals surface area contributed by atoms with E-state index in [1.165, 1.54) is 33.4 Å². The van der Waals surface area contributed by atoms with Gasteiger partial charge in [0.15, 0.2) is 5.82 Å². The molecule has 0 aliphatic heterocycles. The van der Waals surface area contributed by atoms with Gasteiger partial charge in [0.1, 0.15) is 0 Å². The summed E-state index contributed by atoms with van der Waals surface area (Å²) in [5, 5.41) is 0. The van der Waals surface area contributed by atoms with Gasteiger partial charge in [-0.1, -0.05) is 158 Å². The van der Waals surface area contributed by atoms with Crippen molar-refractivity contribution in [3.05, 3.63) is 211 Å². The zero-order chi connectivity index (χ0) is 32.6. The van der Waals surface area contributed by atoms with Crippen molar-refractivity contribution in [2.24, 2.45) is 0 Å². The van der Waals surface area contributed by atoms with Crippen LogP contribution in [0.1, 0.15) is 22.3 Å². The summed E-state index contributed by atoms with van der Waals surface area (Å²) < 4.78 is 0. The first kappa shape index (κ1) is 28.7. The lowest BCUT2D eigenvalue weighted by Gasteiger charge is -2.34. The van der Waals surface area contributed by atoms with Crippen LogP contribution in [0.5, 0.6) is 0 Å². The molecule has 6 aromatic carbocycles. The number of pyridine rings is 1. The predicted octanol–water partition coefficient (Wildman–Crippen LogP) is 10.9. The molecule has 230 valence electrons. The molecule has 0 N–H and O–H groups in total. The molecule has 0 fully saturated rings. The van der Waals surface area contributed by atoms with Crippen molar-refractivity contribution in [2.75, 3.05) is 0 Å². The smallest absolute Gasteiger partial charge is 0.160 e. The van der Waals surface area contributed by atoms with Gasteiger partial charge in [0.05, 0.1) is 16.8 Å². The van der Waals surface area contributed by atoms with Crippen LogP contribution in [-0.2, 0) is 5.41 Å². The lowest BCUT2D eigenvalue weighted by atomic mass is 9.67. The fraction of sp³-hybridized carbons (Fsp3) is 0.0217. The fourth-order valence-corrected chi connectivity index (χ4v) is 7.43. The molecule has 0 bridgehead atoms. The van der Waals surface area contributed by atoms with Crippen LogP contribution in [0.15, 0.2) is 188 Å². The molecule has 0 spiro atoms. The Labute approximate surface area is 286 Å². The highest BCUT2D eigenvalue weighted by molar-refractivity contribution is 5.88. The topological polar surface area (TPSA) is 38.7 Å². The normalized spacial score (nSPS) is 12.7. The van der Waals surface area contributed by atoms with Crippen LogP contribution < -0.4 is 0 Å². The molecular weight excluding hydrogens is 595 g/mol. The Kier molecular flexibility index (Phi) is 7.02. The van der Waals surface area contributed by atoms with Crippen LogP contribution in [0.25, 0.3) is 56.2 Å². The van der Waals surface area contributed by atoms with Gasteiger partial charge in [0.25, 0.3) is 0 Å². The first-order valence-corrected chi connectivity index (χ1v) is 16.6. The Morgan fingerprint density at radius 3 is 1.59 bits per heavy atom. The lowest BCUT2D eigenvalue weighted by molar-refractivity contribution is 0.768. The van der Waals surface area contributed by atoms with Gasteiger partial charge >= 0.3 is 0 Å². The van der Waals surface area contributed by atoms with Crippen molar-refractivity contribution >= 4 is 0 Å². The second-order valence-electron chi connectivity index (χ2n) is 12.4. The summed E-state index contributed by atoms with van der Waals surface area (Å²) >= 11 is 0. The second-order valence-corrected chi connectivity index (χ2v) is 12.4. The molecule has 1 aliphatic carbocycles. The predicted molar refractivity (Wildman–Crippen MR) is 199 cm³/mol. The number of hydrogen-bond acceptors (Lipinski definition) is 3. The van der Waals surface area contributed by atoms with Gasteiger partial charge in [-0.25, -0.2) is 9.97 Å². The number of aromatic nitrogens is 3. The highest BCUT2D eigenvalue weighted by Gasteiger charge is 2.46. The number of fused-ring (bicyclic) bond motifs is 3. The molecule has 3 heteroatoms. The van der Waals surface area contributed by atoms with Crippen molar-refractivity contribution in [2.45, 2.75) is 5.41 Å². The highest BCUT2D eigenvalue weighted by atomic mass is 14.9. The molecule has 0 atom stereocenters. The van der Waals surface area contributed by atoms with E-state index in [2.05, 4.69) is 169 Å². The van der Waals surface area contributed by atoms with Crippen LogP contribution in [0.3, 0.4) is 0 Å². The number of nitrogens with zero attached hydrogens (tertiary/aromatic N) is 3. The number of benzene rings is 6. The van der Waals surface area contributed by atoms with E-state index in [-0.39, 0.29) is 0 Å². The molecule has 8 aromatic rings. The van der Waals surface area contributed by atoms with Crippen molar-refractivity contribution in [1.82, 2.24) is 15.0 Å². The van der Waals surface area contributed by atoms with Gasteiger partial charge in [-0.05, 0) is 62.7 Å². The second kappa shape index (κ2) is 12.0. The Morgan fingerprint density at radius 1 is 0.367 bits per heavy atom.